The molecular formula is C10H7F3N2O. The number of hydrogen-bond donors (Lipinski definition) is 1. The van der Waals surface area contributed by atoms with Crippen molar-refractivity contribution in [2.45, 2.75) is 6.42 Å². The fourth-order valence-electron chi connectivity index (χ4n) is 1.02. The van der Waals surface area contributed by atoms with Gasteiger partial charge in [0, 0.05) is 12.1 Å². The highest BCUT2D eigenvalue weighted by molar-refractivity contribution is 5.94. The highest BCUT2D eigenvalue weighted by atomic mass is 19.2. The van der Waals surface area contributed by atoms with Gasteiger partial charge in [0.1, 0.15) is 0 Å². The fraction of sp³-hybridized carbons (Fsp3) is 0.200. The number of rotatable bonds is 3. The maximum atomic E-state index is 12.7. The van der Waals surface area contributed by atoms with Gasteiger partial charge >= 0.3 is 0 Å². The fourth-order valence-corrected chi connectivity index (χ4v) is 1.02. The van der Waals surface area contributed by atoms with Crippen molar-refractivity contribution in [3.05, 3.63) is 35.1 Å². The van der Waals surface area contributed by atoms with E-state index in [1.807, 2.05) is 0 Å². The van der Waals surface area contributed by atoms with Crippen molar-refractivity contribution in [1.29, 1.82) is 5.26 Å². The molecule has 0 saturated heterocycles. The van der Waals surface area contributed by atoms with Crippen molar-refractivity contribution in [1.82, 2.24) is 5.32 Å². The second kappa shape index (κ2) is 5.16. The van der Waals surface area contributed by atoms with Gasteiger partial charge in [-0.2, -0.15) is 5.26 Å². The maximum absolute atomic E-state index is 12.7. The molecule has 0 unspecified atom stereocenters. The summed E-state index contributed by atoms with van der Waals surface area (Å²) in [5, 5.41) is 10.5. The van der Waals surface area contributed by atoms with E-state index in [0.29, 0.717) is 12.1 Å². The molecule has 0 fully saturated rings. The first-order chi connectivity index (χ1) is 7.56. The van der Waals surface area contributed by atoms with E-state index in [4.69, 9.17) is 5.26 Å². The Kier molecular flexibility index (Phi) is 3.89. The Hall–Kier alpha value is -2.03. The third-order valence-electron chi connectivity index (χ3n) is 1.77. The van der Waals surface area contributed by atoms with Crippen molar-refractivity contribution in [3.63, 3.8) is 0 Å². The third kappa shape index (κ3) is 2.73. The summed E-state index contributed by atoms with van der Waals surface area (Å²) in [5.41, 5.74) is -0.325. The van der Waals surface area contributed by atoms with Crippen LogP contribution < -0.4 is 5.32 Å². The lowest BCUT2D eigenvalue weighted by atomic mass is 10.2. The molecule has 6 heteroatoms. The number of nitrogens with zero attached hydrogens (tertiary/aromatic N) is 1. The van der Waals surface area contributed by atoms with Gasteiger partial charge < -0.3 is 5.32 Å². The summed E-state index contributed by atoms with van der Waals surface area (Å²) in [5.74, 6) is -5.22. The van der Waals surface area contributed by atoms with Gasteiger partial charge in [-0.25, -0.2) is 13.2 Å². The molecule has 1 aromatic carbocycles. The van der Waals surface area contributed by atoms with Gasteiger partial charge in [0.2, 0.25) is 0 Å². The molecule has 0 aliphatic heterocycles. The Labute approximate surface area is 89.5 Å². The van der Waals surface area contributed by atoms with E-state index in [1.165, 1.54) is 0 Å². The van der Waals surface area contributed by atoms with Crippen LogP contribution in [0.15, 0.2) is 12.1 Å². The number of amides is 1. The Bertz CT molecular complexity index is 431. The van der Waals surface area contributed by atoms with Gasteiger partial charge in [0.25, 0.3) is 5.91 Å². The topological polar surface area (TPSA) is 52.9 Å². The number of carbonyl (C=O) groups excluding carboxylic acids is 1. The van der Waals surface area contributed by atoms with E-state index in [9.17, 15) is 18.0 Å². The lowest BCUT2D eigenvalue weighted by Crippen LogP contribution is -2.24. The summed E-state index contributed by atoms with van der Waals surface area (Å²) in [6.07, 6.45) is 0.0812. The van der Waals surface area contributed by atoms with Gasteiger partial charge in [0.05, 0.1) is 12.5 Å². The van der Waals surface area contributed by atoms with Crippen LogP contribution in [0.5, 0.6) is 0 Å². The molecule has 0 aliphatic carbocycles. The Morgan fingerprint density at radius 2 is 1.88 bits per heavy atom. The predicted octanol–water partition coefficient (Wildman–Crippen LogP) is 1.75. The molecule has 0 atom stereocenters. The summed E-state index contributed by atoms with van der Waals surface area (Å²) in [6.45, 7) is 0.0654. The van der Waals surface area contributed by atoms with Crippen molar-refractivity contribution < 1.29 is 18.0 Å². The third-order valence-corrected chi connectivity index (χ3v) is 1.77. The van der Waals surface area contributed by atoms with Crippen LogP contribution in [0, 0.1) is 28.8 Å². The van der Waals surface area contributed by atoms with Gasteiger partial charge in [0.15, 0.2) is 17.5 Å². The van der Waals surface area contributed by atoms with Gasteiger partial charge in [-0.3, -0.25) is 4.79 Å². The summed E-state index contributed by atoms with van der Waals surface area (Å²) in [6, 6.07) is 2.98. The lowest BCUT2D eigenvalue weighted by Gasteiger charge is -2.03. The number of nitriles is 1. The van der Waals surface area contributed by atoms with Crippen LogP contribution in [0.3, 0.4) is 0 Å². The Morgan fingerprint density at radius 1 is 1.31 bits per heavy atom. The lowest BCUT2D eigenvalue weighted by molar-refractivity contribution is 0.0953. The van der Waals surface area contributed by atoms with E-state index in [-0.39, 0.29) is 18.5 Å². The second-order valence-electron chi connectivity index (χ2n) is 2.92. The zero-order valence-electron chi connectivity index (χ0n) is 8.06. The molecule has 0 heterocycles. The van der Waals surface area contributed by atoms with Crippen molar-refractivity contribution in [2.75, 3.05) is 6.54 Å². The molecule has 1 amide bonds. The molecule has 3 nitrogen and oxygen atoms in total. The standard InChI is InChI=1S/C10H7F3N2O/c11-7-4-6(5-8(12)9(7)13)10(16)15-3-1-2-14/h4-5H,1,3H2,(H,15,16). The first kappa shape index (κ1) is 12.0. The molecule has 0 radical (unpaired) electrons. The Morgan fingerprint density at radius 3 is 2.38 bits per heavy atom. The normalized spacial score (nSPS) is 9.62. The zero-order chi connectivity index (χ0) is 12.1. The van der Waals surface area contributed by atoms with Gasteiger partial charge in [-0.05, 0) is 12.1 Å². The van der Waals surface area contributed by atoms with Crippen LogP contribution in [-0.2, 0) is 0 Å². The molecule has 1 rings (SSSR count). The van der Waals surface area contributed by atoms with Crippen LogP contribution in [0.2, 0.25) is 0 Å². The minimum atomic E-state index is -1.62. The quantitative estimate of drug-likeness (QED) is 0.632. The number of halogens is 3. The minimum Gasteiger partial charge on any atom is -0.351 e. The molecular weight excluding hydrogens is 221 g/mol. The van der Waals surface area contributed by atoms with Crippen LogP contribution in [0.4, 0.5) is 13.2 Å². The number of nitrogens with one attached hydrogen (secondary N) is 1. The van der Waals surface area contributed by atoms with Crippen LogP contribution in [0.25, 0.3) is 0 Å². The molecule has 16 heavy (non-hydrogen) atoms. The predicted molar refractivity (Wildman–Crippen MR) is 48.9 cm³/mol. The molecule has 0 bridgehead atoms. The van der Waals surface area contributed by atoms with Crippen LogP contribution in [-0.4, -0.2) is 12.5 Å². The summed E-state index contributed by atoms with van der Waals surface area (Å²) in [4.78, 5) is 11.3. The highest BCUT2D eigenvalue weighted by Gasteiger charge is 2.14. The Balaban J connectivity index is 2.81. The number of benzene rings is 1. The van der Waals surface area contributed by atoms with Gasteiger partial charge in [-0.1, -0.05) is 0 Å². The van der Waals surface area contributed by atoms with Gasteiger partial charge in [-0.15, -0.1) is 0 Å². The van der Waals surface area contributed by atoms with Crippen molar-refractivity contribution >= 4 is 5.91 Å². The summed E-state index contributed by atoms with van der Waals surface area (Å²) < 4.78 is 38.0. The molecule has 1 aromatic rings. The SMILES string of the molecule is N#CCCNC(=O)c1cc(F)c(F)c(F)c1. The minimum absolute atomic E-state index is 0.0654. The smallest absolute Gasteiger partial charge is 0.251 e. The van der Waals surface area contributed by atoms with E-state index in [0.717, 1.165) is 0 Å². The molecule has 0 saturated carbocycles. The molecule has 0 spiro atoms. The second-order valence-corrected chi connectivity index (χ2v) is 2.92. The first-order valence-corrected chi connectivity index (χ1v) is 4.36. The monoisotopic (exact) mass is 228 g/mol. The van der Waals surface area contributed by atoms with Crippen molar-refractivity contribution in [2.24, 2.45) is 0 Å². The maximum Gasteiger partial charge on any atom is 0.251 e. The number of carbonyl (C=O) groups is 1. The van der Waals surface area contributed by atoms with Crippen LogP contribution >= 0.6 is 0 Å². The average Bonchev–Trinajstić information content (AvgIpc) is 2.25. The molecule has 0 aliphatic rings. The van der Waals surface area contributed by atoms with E-state index < -0.39 is 23.4 Å². The molecule has 0 aromatic heterocycles. The highest BCUT2D eigenvalue weighted by Crippen LogP contribution is 2.13. The van der Waals surface area contributed by atoms with E-state index in [2.05, 4.69) is 5.32 Å². The van der Waals surface area contributed by atoms with E-state index >= 15 is 0 Å². The molecule has 1 N–H and O–H groups in total. The zero-order valence-corrected chi connectivity index (χ0v) is 8.06. The first-order valence-electron chi connectivity index (χ1n) is 4.36. The largest absolute Gasteiger partial charge is 0.351 e. The number of hydrogen-bond acceptors (Lipinski definition) is 2. The van der Waals surface area contributed by atoms with Crippen molar-refractivity contribution in [3.8, 4) is 6.07 Å². The van der Waals surface area contributed by atoms with Crippen LogP contribution in [0.1, 0.15) is 16.8 Å². The van der Waals surface area contributed by atoms with E-state index in [1.54, 1.807) is 6.07 Å². The summed E-state index contributed by atoms with van der Waals surface area (Å²) in [7, 11) is 0. The average molecular weight is 228 g/mol. The molecule has 84 valence electrons. The summed E-state index contributed by atoms with van der Waals surface area (Å²) >= 11 is 0.